The lowest BCUT2D eigenvalue weighted by Crippen LogP contribution is -2.32. The minimum atomic E-state index is -4.62. The predicted molar refractivity (Wildman–Crippen MR) is 78.5 cm³/mol. The van der Waals surface area contributed by atoms with Gasteiger partial charge in [0.05, 0.1) is 23.1 Å². The van der Waals surface area contributed by atoms with Crippen LogP contribution in [-0.2, 0) is 15.8 Å². The van der Waals surface area contributed by atoms with Gasteiger partial charge in [0.2, 0.25) is 11.8 Å². The van der Waals surface area contributed by atoms with Gasteiger partial charge in [-0.05, 0) is 38.8 Å². The van der Waals surface area contributed by atoms with Crippen molar-refractivity contribution in [2.45, 2.75) is 32.9 Å². The van der Waals surface area contributed by atoms with E-state index in [1.807, 2.05) is 13.8 Å². The maximum atomic E-state index is 13.2. The van der Waals surface area contributed by atoms with E-state index >= 15 is 0 Å². The molecule has 3 nitrogen and oxygen atoms in total. The molecule has 0 bridgehead atoms. The first-order chi connectivity index (χ1) is 10.7. The second-order valence-corrected chi connectivity index (χ2v) is 6.21. The molecule has 122 valence electrons. The summed E-state index contributed by atoms with van der Waals surface area (Å²) in [6.07, 6.45) is -3.74. The SMILES string of the molecule is CC1=C(C)C[C@@H]2C(=O)N(c3ccccc3C(F)(F)F)C(=O)[C@H]2C1. The molecule has 2 aliphatic rings. The third kappa shape index (κ3) is 2.46. The van der Waals surface area contributed by atoms with Gasteiger partial charge in [-0.1, -0.05) is 23.3 Å². The number of carbonyl (C=O) groups excluding carboxylic acids is 2. The van der Waals surface area contributed by atoms with E-state index in [1.165, 1.54) is 18.2 Å². The Balaban J connectivity index is 2.04. The molecule has 1 saturated heterocycles. The van der Waals surface area contributed by atoms with Crippen molar-refractivity contribution in [3.8, 4) is 0 Å². The molecule has 6 heteroatoms. The van der Waals surface area contributed by atoms with Gasteiger partial charge < -0.3 is 0 Å². The highest BCUT2D eigenvalue weighted by Crippen LogP contribution is 2.45. The summed E-state index contributed by atoms with van der Waals surface area (Å²) in [7, 11) is 0. The lowest BCUT2D eigenvalue weighted by atomic mass is 9.78. The standard InChI is InChI=1S/C17H16F3NO2/c1-9-7-11-12(8-10(9)2)16(23)21(15(11)22)14-6-4-3-5-13(14)17(18,19)20/h3-6,11-12H,7-8H2,1-2H3/t11-,12-/m0/s1. The number of hydrogen-bond acceptors (Lipinski definition) is 2. The van der Waals surface area contributed by atoms with Crippen molar-refractivity contribution in [2.75, 3.05) is 4.90 Å². The minimum Gasteiger partial charge on any atom is -0.274 e. The third-order valence-electron chi connectivity index (χ3n) is 4.79. The third-order valence-corrected chi connectivity index (χ3v) is 4.79. The van der Waals surface area contributed by atoms with Gasteiger partial charge in [-0.25, -0.2) is 4.90 Å². The maximum absolute atomic E-state index is 13.2. The fraction of sp³-hybridized carbons (Fsp3) is 0.412. The van der Waals surface area contributed by atoms with Gasteiger partial charge in [0.15, 0.2) is 0 Å². The second-order valence-electron chi connectivity index (χ2n) is 6.21. The predicted octanol–water partition coefficient (Wildman–Crippen LogP) is 3.94. The lowest BCUT2D eigenvalue weighted by Gasteiger charge is -2.23. The van der Waals surface area contributed by atoms with Crippen molar-refractivity contribution >= 4 is 17.5 Å². The van der Waals surface area contributed by atoms with Gasteiger partial charge in [0, 0.05) is 0 Å². The molecule has 0 aromatic heterocycles. The summed E-state index contributed by atoms with van der Waals surface area (Å²) in [5.74, 6) is -2.15. The van der Waals surface area contributed by atoms with E-state index in [0.29, 0.717) is 12.8 Å². The van der Waals surface area contributed by atoms with Gasteiger partial charge in [0.1, 0.15) is 0 Å². The normalized spacial score (nSPS) is 25.2. The highest BCUT2D eigenvalue weighted by atomic mass is 19.4. The number of halogens is 3. The zero-order valence-electron chi connectivity index (χ0n) is 12.8. The Morgan fingerprint density at radius 2 is 1.43 bits per heavy atom. The van der Waals surface area contributed by atoms with E-state index in [2.05, 4.69) is 0 Å². The van der Waals surface area contributed by atoms with Crippen LogP contribution in [0.3, 0.4) is 0 Å². The number of rotatable bonds is 1. The van der Waals surface area contributed by atoms with Crippen LogP contribution in [0.2, 0.25) is 0 Å². The molecule has 0 N–H and O–H groups in total. The largest absolute Gasteiger partial charge is 0.418 e. The molecule has 0 radical (unpaired) electrons. The van der Waals surface area contributed by atoms with Crippen molar-refractivity contribution in [3.63, 3.8) is 0 Å². The molecule has 0 saturated carbocycles. The van der Waals surface area contributed by atoms with Gasteiger partial charge in [0.25, 0.3) is 0 Å². The van der Waals surface area contributed by atoms with Crippen molar-refractivity contribution in [2.24, 2.45) is 11.8 Å². The summed E-state index contributed by atoms with van der Waals surface area (Å²) in [6.45, 7) is 3.80. The van der Waals surface area contributed by atoms with Crippen LogP contribution in [0, 0.1) is 11.8 Å². The van der Waals surface area contributed by atoms with Crippen molar-refractivity contribution < 1.29 is 22.8 Å². The van der Waals surface area contributed by atoms with Crippen LogP contribution >= 0.6 is 0 Å². The van der Waals surface area contributed by atoms with Crippen LogP contribution in [0.25, 0.3) is 0 Å². The molecule has 1 aromatic carbocycles. The summed E-state index contributed by atoms with van der Waals surface area (Å²) >= 11 is 0. The summed E-state index contributed by atoms with van der Waals surface area (Å²) in [5.41, 5.74) is 0.762. The van der Waals surface area contributed by atoms with E-state index in [9.17, 15) is 22.8 Å². The highest BCUT2D eigenvalue weighted by Gasteiger charge is 2.51. The number of fused-ring (bicyclic) bond motifs is 1. The van der Waals surface area contributed by atoms with Crippen LogP contribution in [0.1, 0.15) is 32.3 Å². The molecule has 2 amide bonds. The van der Waals surface area contributed by atoms with Gasteiger partial charge in [-0.3, -0.25) is 9.59 Å². The summed E-state index contributed by atoms with van der Waals surface area (Å²) in [6, 6.07) is 4.73. The fourth-order valence-corrected chi connectivity index (χ4v) is 3.40. The molecule has 2 atom stereocenters. The molecule has 1 aliphatic carbocycles. The minimum absolute atomic E-state index is 0.361. The number of carbonyl (C=O) groups is 2. The molecule has 0 spiro atoms. The average molecular weight is 323 g/mol. The van der Waals surface area contributed by atoms with E-state index in [1.54, 1.807) is 0 Å². The lowest BCUT2D eigenvalue weighted by molar-refractivity contribution is -0.137. The van der Waals surface area contributed by atoms with Crippen LogP contribution in [0.5, 0.6) is 0 Å². The number of nitrogens with zero attached hydrogens (tertiary/aromatic N) is 1. The molecule has 3 rings (SSSR count). The van der Waals surface area contributed by atoms with Gasteiger partial charge >= 0.3 is 6.18 Å². The Morgan fingerprint density at radius 3 is 1.91 bits per heavy atom. The number of hydrogen-bond donors (Lipinski definition) is 0. The molecule has 0 unspecified atom stereocenters. The Morgan fingerprint density at radius 1 is 0.957 bits per heavy atom. The molecule has 23 heavy (non-hydrogen) atoms. The Labute approximate surface area is 131 Å². The summed E-state index contributed by atoms with van der Waals surface area (Å²) in [4.78, 5) is 25.9. The van der Waals surface area contributed by atoms with E-state index < -0.39 is 35.4 Å². The smallest absolute Gasteiger partial charge is 0.274 e. The van der Waals surface area contributed by atoms with Gasteiger partial charge in [-0.15, -0.1) is 0 Å². The van der Waals surface area contributed by atoms with Crippen LogP contribution in [0.4, 0.5) is 18.9 Å². The molecule has 1 fully saturated rings. The van der Waals surface area contributed by atoms with Crippen molar-refractivity contribution in [1.29, 1.82) is 0 Å². The van der Waals surface area contributed by atoms with Gasteiger partial charge in [-0.2, -0.15) is 13.2 Å². The summed E-state index contributed by atoms with van der Waals surface area (Å²) < 4.78 is 39.6. The summed E-state index contributed by atoms with van der Waals surface area (Å²) in [5, 5.41) is 0. The topological polar surface area (TPSA) is 37.4 Å². The first-order valence-corrected chi connectivity index (χ1v) is 7.41. The number of para-hydroxylation sites is 1. The van der Waals surface area contributed by atoms with E-state index in [4.69, 9.17) is 0 Å². The van der Waals surface area contributed by atoms with E-state index in [0.717, 1.165) is 22.1 Å². The molecular formula is C17H16F3NO2. The van der Waals surface area contributed by atoms with E-state index in [-0.39, 0.29) is 5.69 Å². The zero-order valence-corrected chi connectivity index (χ0v) is 12.8. The first-order valence-electron chi connectivity index (χ1n) is 7.41. The Kier molecular flexibility index (Phi) is 3.58. The first kappa shape index (κ1) is 15.8. The Bertz CT molecular complexity index is 689. The molecule has 1 heterocycles. The monoisotopic (exact) mass is 323 g/mol. The fourth-order valence-electron chi connectivity index (χ4n) is 3.40. The number of anilines is 1. The number of allylic oxidation sites excluding steroid dienone is 2. The van der Waals surface area contributed by atoms with Crippen LogP contribution in [-0.4, -0.2) is 11.8 Å². The van der Waals surface area contributed by atoms with Crippen LogP contribution in [0.15, 0.2) is 35.4 Å². The van der Waals surface area contributed by atoms with Crippen LogP contribution < -0.4 is 4.90 Å². The quantitative estimate of drug-likeness (QED) is 0.580. The number of benzene rings is 1. The zero-order chi connectivity index (χ0) is 16.9. The number of alkyl halides is 3. The second kappa shape index (κ2) is 5.22. The maximum Gasteiger partial charge on any atom is 0.418 e. The number of amides is 2. The Hall–Kier alpha value is -2.11. The molecular weight excluding hydrogens is 307 g/mol. The van der Waals surface area contributed by atoms with Crippen molar-refractivity contribution in [3.05, 3.63) is 41.0 Å². The van der Waals surface area contributed by atoms with Crippen molar-refractivity contribution in [1.82, 2.24) is 0 Å². The average Bonchev–Trinajstić information content (AvgIpc) is 2.71. The highest BCUT2D eigenvalue weighted by molar-refractivity contribution is 6.22. The molecule has 1 aromatic rings. The molecule has 1 aliphatic heterocycles. The number of imide groups is 1.